The Morgan fingerprint density at radius 2 is 2.20 bits per heavy atom. The number of benzene rings is 1. The predicted molar refractivity (Wildman–Crippen MR) is 67.7 cm³/mol. The minimum absolute atomic E-state index is 0.619. The van der Waals surface area contributed by atoms with Crippen LogP contribution < -0.4 is 0 Å². The van der Waals surface area contributed by atoms with Gasteiger partial charge in [-0.3, -0.25) is 0 Å². The molecule has 2 rings (SSSR count). The molecule has 0 unspecified atom stereocenters. The second-order valence-electron chi connectivity index (χ2n) is 3.72. The highest BCUT2D eigenvalue weighted by Crippen LogP contribution is 2.29. The van der Waals surface area contributed by atoms with Crippen LogP contribution in [0.3, 0.4) is 0 Å². The lowest BCUT2D eigenvalue weighted by molar-refractivity contribution is 0.574. The van der Waals surface area contributed by atoms with Crippen LogP contribution in [0.2, 0.25) is 5.02 Å². The first-order chi connectivity index (χ1) is 7.16. The van der Waals surface area contributed by atoms with Crippen LogP contribution in [0.25, 0.3) is 11.0 Å². The molecule has 2 aromatic rings. The third-order valence-electron chi connectivity index (χ3n) is 2.12. The lowest BCUT2D eigenvalue weighted by Crippen LogP contribution is -1.86. The summed E-state index contributed by atoms with van der Waals surface area (Å²) in [5.74, 6) is 1.90. The normalized spacial score (nSPS) is 11.5. The smallest absolute Gasteiger partial charge is 0.135 e. The van der Waals surface area contributed by atoms with Gasteiger partial charge in [0.2, 0.25) is 0 Å². The van der Waals surface area contributed by atoms with Crippen molar-refractivity contribution in [1.29, 1.82) is 0 Å². The zero-order valence-electron chi connectivity index (χ0n) is 8.79. The summed E-state index contributed by atoms with van der Waals surface area (Å²) in [5.41, 5.74) is 0.877. The topological polar surface area (TPSA) is 13.1 Å². The molecule has 1 aromatic carbocycles. The van der Waals surface area contributed by atoms with E-state index in [0.29, 0.717) is 5.25 Å². The molecule has 15 heavy (non-hydrogen) atoms. The molecule has 0 saturated carbocycles. The lowest BCUT2D eigenvalue weighted by Gasteiger charge is -2.00. The van der Waals surface area contributed by atoms with Crippen molar-refractivity contribution in [1.82, 2.24) is 0 Å². The number of thioether (sulfide) groups is 1. The lowest BCUT2D eigenvalue weighted by atomic mass is 10.2. The van der Waals surface area contributed by atoms with E-state index in [1.807, 2.05) is 36.0 Å². The Bertz CT molecular complexity index is 462. The van der Waals surface area contributed by atoms with Crippen molar-refractivity contribution in [2.24, 2.45) is 0 Å². The van der Waals surface area contributed by atoms with E-state index in [2.05, 4.69) is 13.8 Å². The maximum absolute atomic E-state index is 6.07. The van der Waals surface area contributed by atoms with Gasteiger partial charge >= 0.3 is 0 Å². The molecule has 0 bridgehead atoms. The Balaban J connectivity index is 2.27. The average Bonchev–Trinajstić information content (AvgIpc) is 2.59. The maximum Gasteiger partial charge on any atom is 0.135 e. The number of halogens is 1. The van der Waals surface area contributed by atoms with Crippen LogP contribution in [0.4, 0.5) is 0 Å². The second-order valence-corrected chi connectivity index (χ2v) is 5.70. The van der Waals surface area contributed by atoms with Gasteiger partial charge < -0.3 is 4.42 Å². The van der Waals surface area contributed by atoms with Crippen LogP contribution in [0, 0.1) is 0 Å². The highest BCUT2D eigenvalue weighted by atomic mass is 35.5. The molecule has 0 atom stereocenters. The third-order valence-corrected chi connectivity index (χ3v) is 3.57. The van der Waals surface area contributed by atoms with Gasteiger partial charge in [-0.2, -0.15) is 11.8 Å². The molecule has 0 saturated heterocycles. The SMILES string of the molecule is CC(C)SCc1cc2c(Cl)cccc2o1. The second kappa shape index (κ2) is 4.50. The van der Waals surface area contributed by atoms with Crippen LogP contribution in [-0.4, -0.2) is 5.25 Å². The van der Waals surface area contributed by atoms with E-state index < -0.39 is 0 Å². The fraction of sp³-hybridized carbons (Fsp3) is 0.333. The van der Waals surface area contributed by atoms with E-state index in [1.54, 1.807) is 0 Å². The van der Waals surface area contributed by atoms with E-state index in [1.165, 1.54) is 0 Å². The summed E-state index contributed by atoms with van der Waals surface area (Å²) in [4.78, 5) is 0. The molecule has 0 aliphatic rings. The first-order valence-electron chi connectivity index (χ1n) is 4.95. The summed E-state index contributed by atoms with van der Waals surface area (Å²) >= 11 is 7.93. The van der Waals surface area contributed by atoms with Gasteiger partial charge in [-0.25, -0.2) is 0 Å². The quantitative estimate of drug-likeness (QED) is 0.770. The number of rotatable bonds is 3. The molecule has 0 aliphatic heterocycles. The Hall–Kier alpha value is -0.600. The van der Waals surface area contributed by atoms with Gasteiger partial charge in [0.05, 0.1) is 10.8 Å². The molecule has 1 heterocycles. The molecule has 0 aliphatic carbocycles. The molecule has 0 radical (unpaired) electrons. The fourth-order valence-corrected chi connectivity index (χ4v) is 2.26. The van der Waals surface area contributed by atoms with Crippen LogP contribution in [0.1, 0.15) is 19.6 Å². The van der Waals surface area contributed by atoms with E-state index >= 15 is 0 Å². The molecule has 1 nitrogen and oxygen atoms in total. The highest BCUT2D eigenvalue weighted by Gasteiger charge is 2.07. The first-order valence-corrected chi connectivity index (χ1v) is 6.38. The van der Waals surface area contributed by atoms with Crippen LogP contribution in [0.5, 0.6) is 0 Å². The summed E-state index contributed by atoms with van der Waals surface area (Å²) in [7, 11) is 0. The number of fused-ring (bicyclic) bond motifs is 1. The van der Waals surface area contributed by atoms with Gasteiger partial charge in [0, 0.05) is 5.39 Å². The van der Waals surface area contributed by atoms with Crippen molar-refractivity contribution < 1.29 is 4.42 Å². The summed E-state index contributed by atoms with van der Waals surface area (Å²) in [6, 6.07) is 7.78. The van der Waals surface area contributed by atoms with Gasteiger partial charge in [-0.1, -0.05) is 31.5 Å². The predicted octanol–water partition coefficient (Wildman–Crippen LogP) is 4.73. The van der Waals surface area contributed by atoms with Crippen molar-refractivity contribution in [2.75, 3.05) is 0 Å². The Morgan fingerprint density at radius 3 is 2.87 bits per heavy atom. The summed E-state index contributed by atoms with van der Waals surface area (Å²) in [6.07, 6.45) is 0. The van der Waals surface area contributed by atoms with Gasteiger partial charge in [0.25, 0.3) is 0 Å². The zero-order chi connectivity index (χ0) is 10.8. The first kappa shape index (κ1) is 10.9. The van der Waals surface area contributed by atoms with Crippen molar-refractivity contribution in [2.45, 2.75) is 24.9 Å². The molecule has 80 valence electrons. The van der Waals surface area contributed by atoms with Crippen molar-refractivity contribution in [3.05, 3.63) is 35.0 Å². The number of hydrogen-bond acceptors (Lipinski definition) is 2. The molecule has 0 spiro atoms. The van der Waals surface area contributed by atoms with Crippen LogP contribution in [-0.2, 0) is 5.75 Å². The van der Waals surface area contributed by atoms with Crippen LogP contribution in [0.15, 0.2) is 28.7 Å². The van der Waals surface area contributed by atoms with Crippen molar-refractivity contribution in [3.63, 3.8) is 0 Å². The van der Waals surface area contributed by atoms with Gasteiger partial charge in [-0.15, -0.1) is 0 Å². The average molecular weight is 241 g/mol. The van der Waals surface area contributed by atoms with E-state index in [9.17, 15) is 0 Å². The maximum atomic E-state index is 6.07. The summed E-state index contributed by atoms with van der Waals surface area (Å²) in [6.45, 7) is 4.36. The van der Waals surface area contributed by atoms with Crippen molar-refractivity contribution in [3.8, 4) is 0 Å². The standard InChI is InChI=1S/C12H13ClOS/c1-8(2)15-7-9-6-10-11(13)4-3-5-12(10)14-9/h3-6,8H,7H2,1-2H3. The minimum Gasteiger partial charge on any atom is -0.460 e. The van der Waals surface area contributed by atoms with E-state index in [0.717, 1.165) is 27.5 Å². The molecular formula is C12H13ClOS. The van der Waals surface area contributed by atoms with E-state index in [-0.39, 0.29) is 0 Å². The van der Waals surface area contributed by atoms with Crippen LogP contribution >= 0.6 is 23.4 Å². The molecule has 0 fully saturated rings. The summed E-state index contributed by atoms with van der Waals surface area (Å²) in [5, 5.41) is 2.39. The Labute approximate surface area is 98.8 Å². The zero-order valence-corrected chi connectivity index (χ0v) is 10.4. The Morgan fingerprint density at radius 1 is 1.40 bits per heavy atom. The van der Waals surface area contributed by atoms with Crippen molar-refractivity contribution >= 4 is 34.3 Å². The molecule has 0 amide bonds. The molecule has 0 N–H and O–H groups in total. The number of hydrogen-bond donors (Lipinski definition) is 0. The minimum atomic E-state index is 0.619. The Kier molecular flexibility index (Phi) is 3.27. The fourth-order valence-electron chi connectivity index (χ4n) is 1.40. The largest absolute Gasteiger partial charge is 0.460 e. The molecule has 1 aromatic heterocycles. The monoisotopic (exact) mass is 240 g/mol. The van der Waals surface area contributed by atoms with Gasteiger partial charge in [0.15, 0.2) is 0 Å². The molecule has 3 heteroatoms. The van der Waals surface area contributed by atoms with Gasteiger partial charge in [0.1, 0.15) is 11.3 Å². The third kappa shape index (κ3) is 2.50. The molecular weight excluding hydrogens is 228 g/mol. The van der Waals surface area contributed by atoms with Gasteiger partial charge in [-0.05, 0) is 23.4 Å². The highest BCUT2D eigenvalue weighted by molar-refractivity contribution is 7.99. The van der Waals surface area contributed by atoms with E-state index in [4.69, 9.17) is 16.0 Å². The summed E-state index contributed by atoms with van der Waals surface area (Å²) < 4.78 is 5.69. The number of furan rings is 1.